The fourth-order valence-electron chi connectivity index (χ4n) is 5.78. The summed E-state index contributed by atoms with van der Waals surface area (Å²) in [6, 6.07) is 20.8. The molecule has 0 radical (unpaired) electrons. The van der Waals surface area contributed by atoms with Crippen molar-refractivity contribution in [1.29, 1.82) is 0 Å². The standard InChI is InChI=1S/C29H26FN7O/c1-35-28(38)24-26(32-20-7-3-2-4-8-20)34-36(27(24)37-23-11-5-10-22(23)33-29(35)37)17-18-12-14-19(15-13-18)25-21(30)9-6-16-31-25/h2-4,6-9,12-16,22-23H,5,10-11,17H2,1H3,(H,32,34). The number of para-hydroxylation sites is 1. The summed E-state index contributed by atoms with van der Waals surface area (Å²) in [6.07, 6.45) is 4.75. The van der Waals surface area contributed by atoms with Gasteiger partial charge in [-0.15, -0.1) is 0 Å². The summed E-state index contributed by atoms with van der Waals surface area (Å²) in [5.74, 6) is 1.52. The van der Waals surface area contributed by atoms with E-state index in [4.69, 9.17) is 10.1 Å². The Morgan fingerprint density at radius 1 is 1.03 bits per heavy atom. The zero-order chi connectivity index (χ0) is 25.8. The molecule has 2 aliphatic heterocycles. The van der Waals surface area contributed by atoms with Gasteiger partial charge < -0.3 is 5.32 Å². The number of hydrogen-bond acceptors (Lipinski definition) is 6. The molecule has 1 saturated carbocycles. The maximum atomic E-state index is 14.3. The molecule has 3 aliphatic rings. The number of nitrogens with zero attached hydrogens (tertiary/aromatic N) is 6. The zero-order valence-electron chi connectivity index (χ0n) is 20.9. The number of fused-ring (bicyclic) bond motifs is 5. The van der Waals surface area contributed by atoms with E-state index in [-0.39, 0.29) is 23.8 Å². The largest absolute Gasteiger partial charge is 0.338 e. The molecule has 1 fully saturated rings. The van der Waals surface area contributed by atoms with Crippen molar-refractivity contribution in [3.63, 3.8) is 0 Å². The molecule has 4 aromatic rings. The van der Waals surface area contributed by atoms with Crippen LogP contribution in [0.15, 0.2) is 77.9 Å². The number of aliphatic imine (C=N–C) groups is 1. The Bertz CT molecular complexity index is 1560. The number of halogens is 1. The van der Waals surface area contributed by atoms with Crippen LogP contribution in [-0.2, 0) is 6.54 Å². The summed E-state index contributed by atoms with van der Waals surface area (Å²) in [6.45, 7) is 0.446. The molecule has 2 atom stereocenters. The van der Waals surface area contributed by atoms with E-state index in [1.54, 1.807) is 24.2 Å². The first-order chi connectivity index (χ1) is 18.6. The third-order valence-electron chi connectivity index (χ3n) is 7.60. The number of anilines is 3. The second-order valence-electron chi connectivity index (χ2n) is 9.96. The molecule has 9 heteroatoms. The summed E-state index contributed by atoms with van der Waals surface area (Å²) >= 11 is 0. The van der Waals surface area contributed by atoms with Crippen molar-refractivity contribution in [2.24, 2.45) is 4.99 Å². The topological polar surface area (TPSA) is 78.7 Å². The Balaban J connectivity index is 1.30. The van der Waals surface area contributed by atoms with Crippen LogP contribution in [-0.4, -0.2) is 50.7 Å². The summed E-state index contributed by atoms with van der Waals surface area (Å²) in [7, 11) is 1.79. The highest BCUT2D eigenvalue weighted by molar-refractivity contribution is 6.21. The lowest BCUT2D eigenvalue weighted by Crippen LogP contribution is -2.52. The maximum Gasteiger partial charge on any atom is 0.267 e. The van der Waals surface area contributed by atoms with Gasteiger partial charge in [-0.3, -0.25) is 19.6 Å². The SMILES string of the molecule is CN1C(=O)c2c(Nc3ccccc3)nn(Cc3ccc(-c4ncccc4F)cc3)c2N2C1=NC1CCCC12. The van der Waals surface area contributed by atoms with Crippen molar-refractivity contribution in [2.45, 2.75) is 37.9 Å². The van der Waals surface area contributed by atoms with Gasteiger partial charge in [-0.05, 0) is 49.1 Å². The molecule has 8 nitrogen and oxygen atoms in total. The molecule has 2 aromatic heterocycles. The summed E-state index contributed by atoms with van der Waals surface area (Å²) in [4.78, 5) is 26.7. The van der Waals surface area contributed by atoms with Gasteiger partial charge in [-0.2, -0.15) is 5.10 Å². The molecule has 4 heterocycles. The summed E-state index contributed by atoms with van der Waals surface area (Å²) < 4.78 is 16.2. The quantitative estimate of drug-likeness (QED) is 0.409. The Kier molecular flexibility index (Phi) is 5.24. The Labute approximate surface area is 219 Å². The van der Waals surface area contributed by atoms with Crippen molar-refractivity contribution < 1.29 is 9.18 Å². The number of benzene rings is 2. The number of hydrogen-bond donors (Lipinski definition) is 1. The third kappa shape index (κ3) is 3.57. The highest BCUT2D eigenvalue weighted by Crippen LogP contribution is 2.43. The molecule has 1 aliphatic carbocycles. The van der Waals surface area contributed by atoms with Gasteiger partial charge in [0.05, 0.1) is 18.6 Å². The van der Waals surface area contributed by atoms with Gasteiger partial charge in [-0.25, -0.2) is 14.1 Å². The smallest absolute Gasteiger partial charge is 0.267 e. The van der Waals surface area contributed by atoms with Crippen molar-refractivity contribution in [2.75, 3.05) is 17.3 Å². The van der Waals surface area contributed by atoms with Crippen molar-refractivity contribution in [1.82, 2.24) is 19.7 Å². The monoisotopic (exact) mass is 507 g/mol. The first-order valence-corrected chi connectivity index (χ1v) is 12.9. The van der Waals surface area contributed by atoms with Gasteiger partial charge in [0.1, 0.15) is 22.9 Å². The van der Waals surface area contributed by atoms with Gasteiger partial charge in [0.15, 0.2) is 5.82 Å². The predicted molar refractivity (Wildman–Crippen MR) is 144 cm³/mol. The van der Waals surface area contributed by atoms with Crippen LogP contribution in [0.2, 0.25) is 0 Å². The maximum absolute atomic E-state index is 14.3. The molecular formula is C29H26FN7O. The van der Waals surface area contributed by atoms with Crippen LogP contribution in [0.25, 0.3) is 11.3 Å². The van der Waals surface area contributed by atoms with E-state index in [2.05, 4.69) is 15.2 Å². The fraction of sp³-hybridized carbons (Fsp3) is 0.241. The van der Waals surface area contributed by atoms with E-state index >= 15 is 0 Å². The Morgan fingerprint density at radius 3 is 2.63 bits per heavy atom. The minimum atomic E-state index is -0.354. The third-order valence-corrected chi connectivity index (χ3v) is 7.60. The number of carbonyl (C=O) groups excluding carboxylic acids is 1. The number of aromatic nitrogens is 3. The van der Waals surface area contributed by atoms with Crippen molar-refractivity contribution >= 4 is 29.2 Å². The lowest BCUT2D eigenvalue weighted by molar-refractivity contribution is 0.0865. The van der Waals surface area contributed by atoms with Crippen LogP contribution in [0.3, 0.4) is 0 Å². The number of nitrogens with one attached hydrogen (secondary N) is 1. The van der Waals surface area contributed by atoms with Crippen LogP contribution < -0.4 is 10.2 Å². The van der Waals surface area contributed by atoms with E-state index < -0.39 is 0 Å². The van der Waals surface area contributed by atoms with E-state index in [1.807, 2.05) is 59.3 Å². The number of guanidine groups is 1. The van der Waals surface area contributed by atoms with Crippen LogP contribution in [0.1, 0.15) is 35.2 Å². The molecule has 190 valence electrons. The molecule has 0 bridgehead atoms. The van der Waals surface area contributed by atoms with Crippen LogP contribution >= 0.6 is 0 Å². The lowest BCUT2D eigenvalue weighted by atomic mass is 10.1. The zero-order valence-corrected chi connectivity index (χ0v) is 20.9. The number of amides is 1. The Morgan fingerprint density at radius 2 is 1.84 bits per heavy atom. The highest BCUT2D eigenvalue weighted by atomic mass is 19.1. The van der Waals surface area contributed by atoms with Crippen molar-refractivity contribution in [3.8, 4) is 11.3 Å². The first kappa shape index (κ1) is 22.7. The number of pyridine rings is 1. The highest BCUT2D eigenvalue weighted by Gasteiger charge is 2.49. The normalized spacial score (nSPS) is 19.7. The molecule has 0 spiro atoms. The summed E-state index contributed by atoms with van der Waals surface area (Å²) in [5.41, 5.74) is 3.42. The molecule has 0 saturated heterocycles. The number of carbonyl (C=O) groups is 1. The van der Waals surface area contributed by atoms with Gasteiger partial charge in [-0.1, -0.05) is 42.5 Å². The lowest BCUT2D eigenvalue weighted by Gasteiger charge is -2.35. The van der Waals surface area contributed by atoms with Crippen LogP contribution in [0.4, 0.5) is 21.7 Å². The average molecular weight is 508 g/mol. The molecule has 38 heavy (non-hydrogen) atoms. The van der Waals surface area contributed by atoms with E-state index in [0.717, 1.165) is 36.3 Å². The molecule has 2 unspecified atom stereocenters. The second kappa shape index (κ2) is 8.79. The predicted octanol–water partition coefficient (Wildman–Crippen LogP) is 5.06. The van der Waals surface area contributed by atoms with E-state index in [9.17, 15) is 9.18 Å². The van der Waals surface area contributed by atoms with E-state index in [0.29, 0.717) is 35.1 Å². The summed E-state index contributed by atoms with van der Waals surface area (Å²) in [5, 5.41) is 8.30. The van der Waals surface area contributed by atoms with Crippen LogP contribution in [0.5, 0.6) is 0 Å². The number of rotatable bonds is 5. The van der Waals surface area contributed by atoms with Crippen LogP contribution in [0, 0.1) is 5.82 Å². The molecule has 7 rings (SSSR count). The van der Waals surface area contributed by atoms with E-state index in [1.165, 1.54) is 6.07 Å². The average Bonchev–Trinajstić information content (AvgIpc) is 3.62. The molecular weight excluding hydrogens is 481 g/mol. The second-order valence-corrected chi connectivity index (χ2v) is 9.96. The van der Waals surface area contributed by atoms with Gasteiger partial charge in [0, 0.05) is 24.5 Å². The Hall–Kier alpha value is -4.53. The van der Waals surface area contributed by atoms with Crippen molar-refractivity contribution in [3.05, 3.63) is 89.9 Å². The molecule has 1 amide bonds. The van der Waals surface area contributed by atoms with Gasteiger partial charge in [0.2, 0.25) is 5.96 Å². The minimum absolute atomic E-state index is 0.124. The van der Waals surface area contributed by atoms with Gasteiger partial charge >= 0.3 is 0 Å². The fourth-order valence-corrected chi connectivity index (χ4v) is 5.78. The first-order valence-electron chi connectivity index (χ1n) is 12.9. The molecule has 1 N–H and O–H groups in total. The van der Waals surface area contributed by atoms with Gasteiger partial charge in [0.25, 0.3) is 5.91 Å². The minimum Gasteiger partial charge on any atom is -0.338 e. The molecule has 2 aromatic carbocycles.